The van der Waals surface area contributed by atoms with E-state index < -0.39 is 5.82 Å². The summed E-state index contributed by atoms with van der Waals surface area (Å²) < 4.78 is 16.9. The molecule has 6 heteroatoms. The van der Waals surface area contributed by atoms with E-state index in [9.17, 15) is 9.18 Å². The Morgan fingerprint density at radius 3 is 3.00 bits per heavy atom. The predicted octanol–water partition coefficient (Wildman–Crippen LogP) is 2.76. The maximum absolute atomic E-state index is 13.3. The van der Waals surface area contributed by atoms with Gasteiger partial charge in [-0.15, -0.1) is 5.10 Å². The van der Waals surface area contributed by atoms with Crippen LogP contribution in [0.5, 0.6) is 0 Å². The number of halogens is 2. The minimum atomic E-state index is -0.444. The summed E-state index contributed by atoms with van der Waals surface area (Å²) in [5.74, 6) is -0.712. The molecule has 0 saturated carbocycles. The van der Waals surface area contributed by atoms with Crippen LogP contribution in [0.3, 0.4) is 0 Å². The van der Waals surface area contributed by atoms with E-state index in [1.807, 2.05) is 0 Å². The summed E-state index contributed by atoms with van der Waals surface area (Å²) in [6.45, 7) is 0. The first-order chi connectivity index (χ1) is 7.66. The van der Waals surface area contributed by atoms with Gasteiger partial charge in [-0.3, -0.25) is 4.79 Å². The molecule has 0 aliphatic heterocycles. The van der Waals surface area contributed by atoms with Crippen molar-refractivity contribution in [2.45, 2.75) is 6.42 Å². The second-order valence-corrected chi connectivity index (χ2v) is 4.17. The Morgan fingerprint density at radius 2 is 2.31 bits per heavy atom. The fourth-order valence-electron chi connectivity index (χ4n) is 1.23. The SMILES string of the molecule is O=C(Cc1cc(Cl)ccc1F)c1csnn1. The van der Waals surface area contributed by atoms with Gasteiger partial charge in [-0.1, -0.05) is 16.1 Å². The topological polar surface area (TPSA) is 42.9 Å². The largest absolute Gasteiger partial charge is 0.292 e. The van der Waals surface area contributed by atoms with Gasteiger partial charge in [-0.05, 0) is 35.3 Å². The summed E-state index contributed by atoms with van der Waals surface area (Å²) >= 11 is 6.81. The number of aromatic nitrogens is 2. The first kappa shape index (κ1) is 11.2. The highest BCUT2D eigenvalue weighted by molar-refractivity contribution is 7.03. The van der Waals surface area contributed by atoms with Crippen LogP contribution in [-0.4, -0.2) is 15.4 Å². The Balaban J connectivity index is 2.21. The molecule has 82 valence electrons. The molecule has 1 heterocycles. The van der Waals surface area contributed by atoms with E-state index in [-0.39, 0.29) is 23.5 Å². The van der Waals surface area contributed by atoms with Crippen molar-refractivity contribution in [3.8, 4) is 0 Å². The van der Waals surface area contributed by atoms with E-state index in [0.29, 0.717) is 5.02 Å². The Hall–Kier alpha value is -1.33. The van der Waals surface area contributed by atoms with Crippen LogP contribution in [-0.2, 0) is 6.42 Å². The van der Waals surface area contributed by atoms with Gasteiger partial charge in [0, 0.05) is 16.8 Å². The average molecular weight is 257 g/mol. The summed E-state index contributed by atoms with van der Waals surface area (Å²) in [7, 11) is 0. The van der Waals surface area contributed by atoms with Gasteiger partial charge in [0.25, 0.3) is 0 Å². The molecule has 0 amide bonds. The highest BCUT2D eigenvalue weighted by Gasteiger charge is 2.13. The zero-order valence-electron chi connectivity index (χ0n) is 7.98. The van der Waals surface area contributed by atoms with Crippen LogP contribution >= 0.6 is 23.1 Å². The second kappa shape index (κ2) is 4.67. The first-order valence-corrected chi connectivity index (χ1v) is 5.62. The van der Waals surface area contributed by atoms with Crippen LogP contribution in [0.4, 0.5) is 4.39 Å². The van der Waals surface area contributed by atoms with Crippen molar-refractivity contribution in [2.24, 2.45) is 0 Å². The predicted molar refractivity (Wildman–Crippen MR) is 59.4 cm³/mol. The number of hydrogen-bond donors (Lipinski definition) is 0. The normalized spacial score (nSPS) is 10.4. The van der Waals surface area contributed by atoms with Crippen molar-refractivity contribution in [3.05, 3.63) is 45.7 Å². The molecular weight excluding hydrogens is 251 g/mol. The fourth-order valence-corrected chi connectivity index (χ4v) is 1.88. The molecule has 1 aromatic carbocycles. The molecule has 0 unspecified atom stereocenters. The third kappa shape index (κ3) is 2.43. The maximum Gasteiger partial charge on any atom is 0.188 e. The molecular formula is C10H6ClFN2OS. The van der Waals surface area contributed by atoms with Crippen LogP contribution in [0.2, 0.25) is 5.02 Å². The van der Waals surface area contributed by atoms with E-state index >= 15 is 0 Å². The van der Waals surface area contributed by atoms with Gasteiger partial charge < -0.3 is 0 Å². The van der Waals surface area contributed by atoms with Crippen molar-refractivity contribution in [3.63, 3.8) is 0 Å². The van der Waals surface area contributed by atoms with Crippen molar-refractivity contribution in [1.29, 1.82) is 0 Å². The Labute approximate surface area is 100 Å². The third-order valence-electron chi connectivity index (χ3n) is 2.00. The van der Waals surface area contributed by atoms with E-state index in [4.69, 9.17) is 11.6 Å². The van der Waals surface area contributed by atoms with Gasteiger partial charge in [-0.25, -0.2) is 4.39 Å². The fraction of sp³-hybridized carbons (Fsp3) is 0.100. The van der Waals surface area contributed by atoms with Crippen LogP contribution < -0.4 is 0 Å². The van der Waals surface area contributed by atoms with Gasteiger partial charge in [0.2, 0.25) is 0 Å². The van der Waals surface area contributed by atoms with Crippen molar-refractivity contribution in [1.82, 2.24) is 9.59 Å². The van der Waals surface area contributed by atoms with Gasteiger partial charge in [0.1, 0.15) is 11.5 Å². The van der Waals surface area contributed by atoms with E-state index in [1.165, 1.54) is 23.6 Å². The number of ketones is 1. The van der Waals surface area contributed by atoms with Crippen LogP contribution in [0.25, 0.3) is 0 Å². The molecule has 3 nitrogen and oxygen atoms in total. The summed E-state index contributed by atoms with van der Waals surface area (Å²) in [6, 6.07) is 4.12. The number of Topliss-reactive ketones (excluding diaryl/α,β-unsaturated/α-hetero) is 1. The summed E-state index contributed by atoms with van der Waals surface area (Å²) in [5.41, 5.74) is 0.523. The van der Waals surface area contributed by atoms with Crippen LogP contribution in [0.1, 0.15) is 16.1 Å². The van der Waals surface area contributed by atoms with Crippen LogP contribution in [0.15, 0.2) is 23.6 Å². The Kier molecular flexibility index (Phi) is 3.26. The smallest absolute Gasteiger partial charge is 0.188 e. The molecule has 0 bridgehead atoms. The summed E-state index contributed by atoms with van der Waals surface area (Å²) in [5, 5.41) is 5.56. The van der Waals surface area contributed by atoms with Crippen molar-refractivity contribution >= 4 is 28.9 Å². The standard InChI is InChI=1S/C10H6ClFN2OS/c11-7-1-2-8(12)6(3-7)4-10(15)9-5-16-14-13-9/h1-3,5H,4H2. The number of benzene rings is 1. The van der Waals surface area contributed by atoms with E-state index in [2.05, 4.69) is 9.59 Å². The third-order valence-corrected chi connectivity index (χ3v) is 2.74. The number of carbonyl (C=O) groups excluding carboxylic acids is 1. The molecule has 0 atom stereocenters. The van der Waals surface area contributed by atoms with Gasteiger partial charge in [-0.2, -0.15) is 0 Å². The molecule has 0 radical (unpaired) electrons. The molecule has 1 aromatic heterocycles. The quantitative estimate of drug-likeness (QED) is 0.793. The van der Waals surface area contributed by atoms with Crippen molar-refractivity contribution in [2.75, 3.05) is 0 Å². The van der Waals surface area contributed by atoms with Crippen molar-refractivity contribution < 1.29 is 9.18 Å². The minimum absolute atomic E-state index is 0.0577. The zero-order chi connectivity index (χ0) is 11.5. The number of nitrogens with zero attached hydrogens (tertiary/aromatic N) is 2. The molecule has 16 heavy (non-hydrogen) atoms. The molecule has 0 N–H and O–H groups in total. The number of carbonyl (C=O) groups is 1. The average Bonchev–Trinajstić information content (AvgIpc) is 2.76. The minimum Gasteiger partial charge on any atom is -0.292 e. The lowest BCUT2D eigenvalue weighted by atomic mass is 10.1. The molecule has 0 spiro atoms. The molecule has 2 rings (SSSR count). The Morgan fingerprint density at radius 1 is 1.50 bits per heavy atom. The lowest BCUT2D eigenvalue weighted by molar-refractivity contribution is 0.0987. The molecule has 0 fully saturated rings. The lowest BCUT2D eigenvalue weighted by Crippen LogP contribution is -2.05. The van der Waals surface area contributed by atoms with E-state index in [1.54, 1.807) is 0 Å². The van der Waals surface area contributed by atoms with Crippen LogP contribution in [0, 0.1) is 5.82 Å². The first-order valence-electron chi connectivity index (χ1n) is 4.41. The second-order valence-electron chi connectivity index (χ2n) is 3.13. The zero-order valence-corrected chi connectivity index (χ0v) is 9.56. The number of hydrogen-bond acceptors (Lipinski definition) is 4. The highest BCUT2D eigenvalue weighted by Crippen LogP contribution is 2.16. The molecule has 0 saturated heterocycles. The lowest BCUT2D eigenvalue weighted by Gasteiger charge is -2.01. The van der Waals surface area contributed by atoms with E-state index in [0.717, 1.165) is 11.5 Å². The highest BCUT2D eigenvalue weighted by atomic mass is 35.5. The van der Waals surface area contributed by atoms with Gasteiger partial charge in [0.15, 0.2) is 5.78 Å². The Bertz CT molecular complexity index is 516. The maximum atomic E-state index is 13.3. The molecule has 0 aliphatic rings. The summed E-state index contributed by atoms with van der Waals surface area (Å²) in [6.07, 6.45) is -0.0577. The molecule has 2 aromatic rings. The molecule has 0 aliphatic carbocycles. The monoisotopic (exact) mass is 256 g/mol. The summed E-state index contributed by atoms with van der Waals surface area (Å²) in [4.78, 5) is 11.6. The van der Waals surface area contributed by atoms with Gasteiger partial charge >= 0.3 is 0 Å². The van der Waals surface area contributed by atoms with Gasteiger partial charge in [0.05, 0.1) is 0 Å². The number of rotatable bonds is 3.